The van der Waals surface area contributed by atoms with E-state index in [2.05, 4.69) is 62.5 Å². The van der Waals surface area contributed by atoms with Crippen LogP contribution in [0.2, 0.25) is 0 Å². The first kappa shape index (κ1) is 49.3. The number of aliphatic hydroxyl groups excluding tert-OH is 5. The van der Waals surface area contributed by atoms with Gasteiger partial charge >= 0.3 is 13.8 Å². The first-order valence-electron chi connectivity index (χ1n) is 20.0. The number of allylic oxidation sites excluding steroid dienone is 8. The van der Waals surface area contributed by atoms with Crippen LogP contribution in [0.5, 0.6) is 0 Å². The minimum atomic E-state index is -5.02. The van der Waals surface area contributed by atoms with E-state index in [9.17, 15) is 39.8 Å². The second kappa shape index (κ2) is 31.5. The van der Waals surface area contributed by atoms with Crippen LogP contribution in [0.3, 0.4) is 0 Å². The average Bonchev–Trinajstić information content (AvgIpc) is 3.14. The van der Waals surface area contributed by atoms with Gasteiger partial charge in [0.15, 0.2) is 0 Å². The molecule has 53 heavy (non-hydrogen) atoms. The standard InChI is InChI=1S/C40H71O12P/c1-3-5-7-9-11-13-15-17-19-21-23-25-27-29-34(41)51-33(31-49-30-28-26-24-22-20-18-16-14-12-10-8-6-4-2)32-50-53(47,48)52-40-38(45)36(43)35(42)37(44)39(40)46/h5,7,11-14,17,19,33,35-40,42-46H,3-4,6,8-10,15-16,18,20-32H2,1-2H3,(H,47,48)/b7-5-,13-11-,14-12-,19-17-. The molecule has 0 aromatic heterocycles. The van der Waals surface area contributed by atoms with Crippen molar-refractivity contribution < 1.29 is 58.3 Å². The van der Waals surface area contributed by atoms with E-state index >= 15 is 0 Å². The number of aliphatic hydroxyl groups is 5. The third-order valence-corrected chi connectivity index (χ3v) is 9.92. The van der Waals surface area contributed by atoms with Crippen molar-refractivity contribution in [2.75, 3.05) is 19.8 Å². The molecule has 1 saturated carbocycles. The summed E-state index contributed by atoms with van der Waals surface area (Å²) < 4.78 is 34.0. The summed E-state index contributed by atoms with van der Waals surface area (Å²) in [6.07, 6.45) is 23.4. The van der Waals surface area contributed by atoms with Gasteiger partial charge in [0.2, 0.25) is 0 Å². The van der Waals surface area contributed by atoms with Crippen LogP contribution in [-0.4, -0.2) is 98.9 Å². The second-order valence-corrected chi connectivity index (χ2v) is 15.2. The van der Waals surface area contributed by atoms with E-state index < -0.39 is 63.1 Å². The highest BCUT2D eigenvalue weighted by Gasteiger charge is 2.51. The quantitative estimate of drug-likeness (QED) is 0.0179. The fourth-order valence-corrected chi connectivity index (χ4v) is 6.69. The number of carbonyl (C=O) groups is 1. The molecule has 0 saturated heterocycles. The zero-order valence-electron chi connectivity index (χ0n) is 32.3. The van der Waals surface area contributed by atoms with Crippen LogP contribution in [0.15, 0.2) is 48.6 Å². The number of phosphoric ester groups is 1. The maximum atomic E-state index is 12.7. The summed E-state index contributed by atoms with van der Waals surface area (Å²) in [5.74, 6) is -0.511. The van der Waals surface area contributed by atoms with Crippen LogP contribution in [0.1, 0.15) is 136 Å². The fraction of sp³-hybridized carbons (Fsp3) is 0.775. The molecule has 1 fully saturated rings. The van der Waals surface area contributed by atoms with Crippen LogP contribution in [0, 0.1) is 0 Å². The van der Waals surface area contributed by atoms with Crippen molar-refractivity contribution in [1.29, 1.82) is 0 Å². The van der Waals surface area contributed by atoms with Gasteiger partial charge in [0.05, 0.1) is 13.2 Å². The maximum absolute atomic E-state index is 12.7. The Kier molecular flexibility index (Phi) is 29.3. The van der Waals surface area contributed by atoms with Crippen molar-refractivity contribution in [3.05, 3.63) is 48.6 Å². The van der Waals surface area contributed by atoms with Gasteiger partial charge in [-0.15, -0.1) is 0 Å². The predicted octanol–water partition coefficient (Wildman–Crippen LogP) is 6.91. The van der Waals surface area contributed by atoms with Crippen molar-refractivity contribution in [1.82, 2.24) is 0 Å². The number of unbranched alkanes of at least 4 members (excludes halogenated alkanes) is 12. The van der Waals surface area contributed by atoms with Gasteiger partial charge in [0, 0.05) is 13.0 Å². The van der Waals surface area contributed by atoms with Crippen molar-refractivity contribution in [3.8, 4) is 0 Å². The summed E-state index contributed by atoms with van der Waals surface area (Å²) in [4.78, 5) is 23.0. The number of hydrogen-bond donors (Lipinski definition) is 6. The molecule has 0 aromatic carbocycles. The van der Waals surface area contributed by atoms with Gasteiger partial charge in [0.25, 0.3) is 0 Å². The summed E-state index contributed by atoms with van der Waals surface area (Å²) in [6, 6.07) is 0. The molecule has 13 heteroatoms. The van der Waals surface area contributed by atoms with Gasteiger partial charge < -0.3 is 39.9 Å². The second-order valence-electron chi connectivity index (χ2n) is 13.7. The minimum absolute atomic E-state index is 0.0945. The molecular weight excluding hydrogens is 703 g/mol. The summed E-state index contributed by atoms with van der Waals surface area (Å²) in [5.41, 5.74) is 0. The molecule has 0 amide bonds. The lowest BCUT2D eigenvalue weighted by atomic mass is 9.85. The molecule has 0 radical (unpaired) electrons. The molecule has 6 unspecified atom stereocenters. The first-order chi connectivity index (χ1) is 25.5. The number of rotatable bonds is 32. The van der Waals surface area contributed by atoms with Gasteiger partial charge in [-0.25, -0.2) is 4.57 Å². The summed E-state index contributed by atoms with van der Waals surface area (Å²) >= 11 is 0. The van der Waals surface area contributed by atoms with Crippen molar-refractivity contribution >= 4 is 13.8 Å². The first-order valence-corrected chi connectivity index (χ1v) is 21.5. The van der Waals surface area contributed by atoms with E-state index in [1.54, 1.807) is 0 Å². The molecule has 308 valence electrons. The Bertz CT molecular complexity index is 1060. The molecule has 1 rings (SSSR count). The van der Waals surface area contributed by atoms with Gasteiger partial charge in [-0.1, -0.05) is 107 Å². The van der Waals surface area contributed by atoms with E-state index in [0.717, 1.165) is 70.6 Å². The van der Waals surface area contributed by atoms with Crippen LogP contribution in [-0.2, 0) is 27.9 Å². The lowest BCUT2D eigenvalue weighted by Crippen LogP contribution is -2.64. The molecule has 1 aliphatic rings. The van der Waals surface area contributed by atoms with E-state index in [1.165, 1.54) is 38.5 Å². The highest BCUT2D eigenvalue weighted by Crippen LogP contribution is 2.47. The molecule has 0 heterocycles. The topological polar surface area (TPSA) is 192 Å². The average molecular weight is 775 g/mol. The third kappa shape index (κ3) is 24.4. The molecule has 0 spiro atoms. The highest BCUT2D eigenvalue weighted by molar-refractivity contribution is 7.47. The summed E-state index contributed by atoms with van der Waals surface area (Å²) in [7, 11) is -5.02. The van der Waals surface area contributed by atoms with Crippen LogP contribution < -0.4 is 0 Å². The Labute approximate surface area is 318 Å². The van der Waals surface area contributed by atoms with Gasteiger partial charge in [-0.2, -0.15) is 0 Å². The van der Waals surface area contributed by atoms with Crippen LogP contribution in [0.4, 0.5) is 0 Å². The number of ether oxygens (including phenoxy) is 2. The van der Waals surface area contributed by atoms with Gasteiger partial charge in [-0.3, -0.25) is 13.8 Å². The lowest BCUT2D eigenvalue weighted by Gasteiger charge is -2.41. The molecule has 6 N–H and O–H groups in total. The number of carbonyl (C=O) groups excluding carboxylic acids is 1. The number of phosphoric acid groups is 1. The molecule has 0 aliphatic heterocycles. The Morgan fingerprint density at radius 3 is 1.72 bits per heavy atom. The molecular formula is C40H71O12P. The fourth-order valence-electron chi connectivity index (χ4n) is 5.71. The molecule has 1 aliphatic carbocycles. The summed E-state index contributed by atoms with van der Waals surface area (Å²) in [5, 5.41) is 50.0. The van der Waals surface area contributed by atoms with E-state index in [4.69, 9.17) is 18.5 Å². The SMILES string of the molecule is CC/C=C\C/C=C\C/C=C\CCCCCC(=O)OC(COCCCCCCCC/C=C\CCCCC)COP(=O)(O)OC1C(O)C(O)C(O)C(O)C1O. The van der Waals surface area contributed by atoms with Crippen molar-refractivity contribution in [2.45, 2.75) is 179 Å². The largest absolute Gasteiger partial charge is 0.472 e. The summed E-state index contributed by atoms with van der Waals surface area (Å²) in [6.45, 7) is 4.04. The van der Waals surface area contributed by atoms with Crippen molar-refractivity contribution in [2.24, 2.45) is 0 Å². The Morgan fingerprint density at radius 1 is 0.623 bits per heavy atom. The zero-order valence-corrected chi connectivity index (χ0v) is 33.2. The number of hydrogen-bond acceptors (Lipinski definition) is 11. The highest BCUT2D eigenvalue weighted by atomic mass is 31.2. The lowest BCUT2D eigenvalue weighted by molar-refractivity contribution is -0.220. The van der Waals surface area contributed by atoms with Crippen molar-refractivity contribution in [3.63, 3.8) is 0 Å². The normalized spacial score (nSPS) is 24.2. The molecule has 6 atom stereocenters. The molecule has 0 aromatic rings. The van der Waals surface area contributed by atoms with E-state index in [-0.39, 0.29) is 13.0 Å². The van der Waals surface area contributed by atoms with Crippen LogP contribution in [0.25, 0.3) is 0 Å². The molecule has 0 bridgehead atoms. The number of esters is 1. The monoisotopic (exact) mass is 774 g/mol. The predicted molar refractivity (Wildman–Crippen MR) is 207 cm³/mol. The molecule has 12 nitrogen and oxygen atoms in total. The smallest absolute Gasteiger partial charge is 0.457 e. The maximum Gasteiger partial charge on any atom is 0.472 e. The Balaban J connectivity index is 2.50. The zero-order chi connectivity index (χ0) is 39.2. The van der Waals surface area contributed by atoms with Crippen LogP contribution >= 0.6 is 7.82 Å². The third-order valence-electron chi connectivity index (χ3n) is 8.94. The van der Waals surface area contributed by atoms with Gasteiger partial charge in [0.1, 0.15) is 42.7 Å². The van der Waals surface area contributed by atoms with E-state index in [0.29, 0.717) is 13.0 Å². The Morgan fingerprint density at radius 2 is 1.11 bits per heavy atom. The van der Waals surface area contributed by atoms with Gasteiger partial charge in [-0.05, 0) is 70.6 Å². The Hall–Kier alpha value is -1.70. The van der Waals surface area contributed by atoms with E-state index in [1.807, 2.05) is 0 Å². The minimum Gasteiger partial charge on any atom is -0.457 e.